The molecule has 0 fully saturated rings. The minimum atomic E-state index is -0.374. The van der Waals surface area contributed by atoms with E-state index >= 15 is 0 Å². The third-order valence-electron chi connectivity index (χ3n) is 3.01. The lowest BCUT2D eigenvalue weighted by molar-refractivity contribution is 0.627. The van der Waals surface area contributed by atoms with E-state index in [2.05, 4.69) is 9.97 Å². The van der Waals surface area contributed by atoms with Gasteiger partial charge in [0.05, 0.1) is 5.69 Å². The van der Waals surface area contributed by atoms with Crippen molar-refractivity contribution in [2.24, 2.45) is 0 Å². The number of fused-ring (bicyclic) bond motifs is 1. The number of hydrogen-bond donors (Lipinski definition) is 1. The Kier molecular flexibility index (Phi) is 3.33. The van der Waals surface area contributed by atoms with Crippen LogP contribution in [0.3, 0.4) is 0 Å². The van der Waals surface area contributed by atoms with Crippen molar-refractivity contribution in [1.29, 1.82) is 0 Å². The Morgan fingerprint density at radius 1 is 1.42 bits per heavy atom. The second-order valence-corrected chi connectivity index (χ2v) is 5.74. The van der Waals surface area contributed by atoms with Crippen LogP contribution in [0.25, 0.3) is 0 Å². The highest BCUT2D eigenvalue weighted by Gasteiger charge is 2.17. The van der Waals surface area contributed by atoms with Gasteiger partial charge in [0.2, 0.25) is 0 Å². The van der Waals surface area contributed by atoms with Gasteiger partial charge in [0.15, 0.2) is 0 Å². The molecule has 1 aromatic carbocycles. The number of aromatic nitrogens is 2. The van der Waals surface area contributed by atoms with Crippen molar-refractivity contribution in [2.45, 2.75) is 17.9 Å². The molecule has 3 rings (SSSR count). The van der Waals surface area contributed by atoms with E-state index in [4.69, 9.17) is 11.6 Å². The van der Waals surface area contributed by atoms with Gasteiger partial charge in [-0.1, -0.05) is 17.7 Å². The summed E-state index contributed by atoms with van der Waals surface area (Å²) in [5, 5.41) is 0.345. The van der Waals surface area contributed by atoms with E-state index in [1.807, 2.05) is 0 Å². The third kappa shape index (κ3) is 2.53. The number of aromatic amines is 1. The SMILES string of the molecule is O=c1[nH]c(Cc2ccc(F)cc2Cl)nc2c1CSC2. The van der Waals surface area contributed by atoms with Crippen LogP contribution in [-0.2, 0) is 17.9 Å². The first-order valence-corrected chi connectivity index (χ1v) is 7.29. The van der Waals surface area contributed by atoms with Gasteiger partial charge in [0.1, 0.15) is 11.6 Å². The highest BCUT2D eigenvalue weighted by molar-refractivity contribution is 7.98. The Hall–Kier alpha value is -1.33. The van der Waals surface area contributed by atoms with Crippen molar-refractivity contribution in [2.75, 3.05) is 0 Å². The predicted octanol–water partition coefficient (Wildman–Crippen LogP) is 2.90. The summed E-state index contributed by atoms with van der Waals surface area (Å²) in [6.45, 7) is 0. The first-order valence-electron chi connectivity index (χ1n) is 5.76. The van der Waals surface area contributed by atoms with Crippen LogP contribution in [-0.4, -0.2) is 9.97 Å². The number of hydrogen-bond acceptors (Lipinski definition) is 3. The van der Waals surface area contributed by atoms with Crippen molar-refractivity contribution in [3.63, 3.8) is 0 Å². The van der Waals surface area contributed by atoms with Gasteiger partial charge in [-0.2, -0.15) is 11.8 Å². The smallest absolute Gasteiger partial charge is 0.255 e. The van der Waals surface area contributed by atoms with Crippen molar-refractivity contribution in [3.8, 4) is 0 Å². The van der Waals surface area contributed by atoms with Gasteiger partial charge >= 0.3 is 0 Å². The predicted molar refractivity (Wildman–Crippen MR) is 74.1 cm³/mol. The molecule has 3 nitrogen and oxygen atoms in total. The maximum atomic E-state index is 13.0. The lowest BCUT2D eigenvalue weighted by Crippen LogP contribution is -2.17. The van der Waals surface area contributed by atoms with E-state index in [1.165, 1.54) is 12.1 Å². The van der Waals surface area contributed by atoms with Crippen LogP contribution in [0.2, 0.25) is 5.02 Å². The summed E-state index contributed by atoms with van der Waals surface area (Å²) in [5.41, 5.74) is 2.28. The fourth-order valence-electron chi connectivity index (χ4n) is 2.04. The first-order chi connectivity index (χ1) is 9.13. The van der Waals surface area contributed by atoms with Crippen LogP contribution in [0.1, 0.15) is 22.6 Å². The van der Waals surface area contributed by atoms with Gasteiger partial charge in [-0.3, -0.25) is 4.79 Å². The molecule has 0 saturated carbocycles. The highest BCUT2D eigenvalue weighted by Crippen LogP contribution is 2.26. The van der Waals surface area contributed by atoms with Crippen molar-refractivity contribution in [3.05, 3.63) is 62.0 Å². The van der Waals surface area contributed by atoms with Crippen LogP contribution < -0.4 is 5.56 Å². The molecular formula is C13H10ClFN2OS. The van der Waals surface area contributed by atoms with Crippen LogP contribution in [0, 0.1) is 5.82 Å². The Balaban J connectivity index is 1.96. The number of rotatable bonds is 2. The molecule has 2 heterocycles. The highest BCUT2D eigenvalue weighted by atomic mass is 35.5. The zero-order chi connectivity index (χ0) is 13.4. The van der Waals surface area contributed by atoms with Crippen LogP contribution >= 0.6 is 23.4 Å². The molecule has 1 aromatic heterocycles. The molecule has 19 heavy (non-hydrogen) atoms. The van der Waals surface area contributed by atoms with Crippen molar-refractivity contribution >= 4 is 23.4 Å². The van der Waals surface area contributed by atoms with E-state index < -0.39 is 0 Å². The maximum Gasteiger partial charge on any atom is 0.255 e. The first kappa shape index (κ1) is 12.7. The largest absolute Gasteiger partial charge is 0.310 e. The number of halogens is 2. The molecule has 0 radical (unpaired) electrons. The Labute approximate surface area is 118 Å². The standard InChI is InChI=1S/C13H10ClFN2OS/c14-10-4-8(15)2-1-7(10)3-12-16-11-6-19-5-9(11)13(18)17-12/h1-2,4H,3,5-6H2,(H,16,17,18). The summed E-state index contributed by atoms with van der Waals surface area (Å²) in [7, 11) is 0. The van der Waals surface area contributed by atoms with E-state index in [-0.39, 0.29) is 11.4 Å². The number of H-pyrrole nitrogens is 1. The molecular weight excluding hydrogens is 287 g/mol. The van der Waals surface area contributed by atoms with Crippen molar-refractivity contribution < 1.29 is 4.39 Å². The zero-order valence-corrected chi connectivity index (χ0v) is 11.4. The molecule has 1 N–H and O–H groups in total. The topological polar surface area (TPSA) is 45.8 Å². The number of benzene rings is 1. The molecule has 0 unspecified atom stereocenters. The molecule has 6 heteroatoms. The number of thioether (sulfide) groups is 1. The fourth-order valence-corrected chi connectivity index (χ4v) is 3.31. The quantitative estimate of drug-likeness (QED) is 0.927. The molecule has 0 saturated heterocycles. The second kappa shape index (κ2) is 4.98. The molecule has 0 bridgehead atoms. The average Bonchev–Trinajstić information content (AvgIpc) is 2.81. The van der Waals surface area contributed by atoms with Gasteiger partial charge in [0.25, 0.3) is 5.56 Å². The molecule has 1 aliphatic rings. The normalized spacial score (nSPS) is 13.6. The Morgan fingerprint density at radius 3 is 3.05 bits per heavy atom. The molecule has 1 aliphatic heterocycles. The molecule has 0 aliphatic carbocycles. The third-order valence-corrected chi connectivity index (χ3v) is 4.33. The van der Waals surface area contributed by atoms with E-state index in [1.54, 1.807) is 17.8 Å². The van der Waals surface area contributed by atoms with Gasteiger partial charge in [-0.05, 0) is 17.7 Å². The number of nitrogens with one attached hydrogen (secondary N) is 1. The molecule has 0 amide bonds. The summed E-state index contributed by atoms with van der Waals surface area (Å²) in [6.07, 6.45) is 0.395. The summed E-state index contributed by atoms with van der Waals surface area (Å²) < 4.78 is 13.0. The lowest BCUT2D eigenvalue weighted by Gasteiger charge is -2.05. The van der Waals surface area contributed by atoms with Crippen LogP contribution in [0.5, 0.6) is 0 Å². The summed E-state index contributed by atoms with van der Waals surface area (Å²) in [4.78, 5) is 19.1. The Morgan fingerprint density at radius 2 is 2.26 bits per heavy atom. The zero-order valence-electron chi connectivity index (χ0n) is 9.87. The van der Waals surface area contributed by atoms with Crippen molar-refractivity contribution in [1.82, 2.24) is 9.97 Å². The van der Waals surface area contributed by atoms with Gasteiger partial charge in [0, 0.05) is 28.5 Å². The average molecular weight is 297 g/mol. The van der Waals surface area contributed by atoms with E-state index in [9.17, 15) is 9.18 Å². The fraction of sp³-hybridized carbons (Fsp3) is 0.231. The van der Waals surface area contributed by atoms with Crippen LogP contribution in [0.4, 0.5) is 4.39 Å². The molecule has 0 atom stereocenters. The minimum absolute atomic E-state index is 0.0803. The van der Waals surface area contributed by atoms with Gasteiger partial charge in [-0.25, -0.2) is 9.37 Å². The Bertz CT molecular complexity index is 702. The van der Waals surface area contributed by atoms with Gasteiger partial charge < -0.3 is 4.98 Å². The van der Waals surface area contributed by atoms with Crippen LogP contribution in [0.15, 0.2) is 23.0 Å². The van der Waals surface area contributed by atoms with E-state index in [0.29, 0.717) is 17.3 Å². The summed E-state index contributed by atoms with van der Waals surface area (Å²) in [5.74, 6) is 1.68. The van der Waals surface area contributed by atoms with Gasteiger partial charge in [-0.15, -0.1) is 0 Å². The lowest BCUT2D eigenvalue weighted by atomic mass is 10.1. The maximum absolute atomic E-state index is 13.0. The van der Waals surface area contributed by atoms with E-state index in [0.717, 1.165) is 28.3 Å². The second-order valence-electron chi connectivity index (χ2n) is 4.34. The summed E-state index contributed by atoms with van der Waals surface area (Å²) in [6, 6.07) is 4.22. The monoisotopic (exact) mass is 296 g/mol. The molecule has 0 spiro atoms. The minimum Gasteiger partial charge on any atom is -0.310 e. The molecule has 2 aromatic rings. The number of nitrogens with zero attached hydrogens (tertiary/aromatic N) is 1. The summed E-state index contributed by atoms with van der Waals surface area (Å²) >= 11 is 7.65. The molecule has 98 valence electrons.